The summed E-state index contributed by atoms with van der Waals surface area (Å²) in [6.45, 7) is 4.04. The number of carbonyl (C=O) groups is 1. The Labute approximate surface area is 149 Å². The Morgan fingerprint density at radius 2 is 1.88 bits per heavy atom. The third kappa shape index (κ3) is 4.19. The van der Waals surface area contributed by atoms with Gasteiger partial charge < -0.3 is 10.1 Å². The van der Waals surface area contributed by atoms with Gasteiger partial charge in [0.05, 0.1) is 18.0 Å². The predicted molar refractivity (Wildman–Crippen MR) is 100.0 cm³/mol. The van der Waals surface area contributed by atoms with Gasteiger partial charge >= 0.3 is 5.97 Å². The molecule has 132 valence electrons. The topological polar surface area (TPSA) is 51.2 Å². The van der Waals surface area contributed by atoms with Crippen LogP contribution in [0.1, 0.15) is 60.1 Å². The summed E-state index contributed by atoms with van der Waals surface area (Å²) in [5, 5.41) is 3.56. The molecule has 0 bridgehead atoms. The van der Waals surface area contributed by atoms with E-state index in [1.54, 1.807) is 6.20 Å². The minimum absolute atomic E-state index is 0.298. The van der Waals surface area contributed by atoms with Crippen LogP contribution in [0.15, 0.2) is 42.6 Å². The lowest BCUT2D eigenvalue weighted by atomic mass is 9.81. The van der Waals surface area contributed by atoms with Crippen molar-refractivity contribution < 1.29 is 9.53 Å². The minimum Gasteiger partial charge on any atom is -0.462 e. The van der Waals surface area contributed by atoms with Crippen LogP contribution >= 0.6 is 0 Å². The van der Waals surface area contributed by atoms with Gasteiger partial charge in [0.1, 0.15) is 5.56 Å². The number of pyridine rings is 1. The second kappa shape index (κ2) is 8.15. The predicted octanol–water partition coefficient (Wildman–Crippen LogP) is 4.71. The summed E-state index contributed by atoms with van der Waals surface area (Å²) in [4.78, 5) is 16.5. The third-order valence-electron chi connectivity index (χ3n) is 4.98. The highest BCUT2D eigenvalue weighted by Gasteiger charge is 2.24. The lowest BCUT2D eigenvalue weighted by molar-refractivity contribution is 0.0526. The fourth-order valence-electron chi connectivity index (χ4n) is 3.66. The fraction of sp³-hybridized carbons (Fsp3) is 0.429. The van der Waals surface area contributed by atoms with Crippen molar-refractivity contribution in [1.82, 2.24) is 4.98 Å². The van der Waals surface area contributed by atoms with E-state index in [-0.39, 0.29) is 5.97 Å². The number of ether oxygens (including phenoxy) is 1. The maximum Gasteiger partial charge on any atom is 0.342 e. The first-order valence-electron chi connectivity index (χ1n) is 9.13. The van der Waals surface area contributed by atoms with Gasteiger partial charge in [0.15, 0.2) is 0 Å². The van der Waals surface area contributed by atoms with Gasteiger partial charge in [-0.3, -0.25) is 4.98 Å². The van der Waals surface area contributed by atoms with E-state index in [0.717, 1.165) is 18.5 Å². The number of anilines is 1. The van der Waals surface area contributed by atoms with Gasteiger partial charge in [-0.2, -0.15) is 0 Å². The molecule has 0 saturated heterocycles. The molecule has 4 heteroatoms. The van der Waals surface area contributed by atoms with Crippen LogP contribution in [-0.2, 0) is 4.74 Å². The van der Waals surface area contributed by atoms with Crippen molar-refractivity contribution in [1.29, 1.82) is 0 Å². The molecule has 0 spiro atoms. The van der Waals surface area contributed by atoms with Gasteiger partial charge in [-0.1, -0.05) is 30.3 Å². The monoisotopic (exact) mass is 338 g/mol. The van der Waals surface area contributed by atoms with E-state index in [0.29, 0.717) is 29.8 Å². The van der Waals surface area contributed by atoms with Crippen LogP contribution in [0.5, 0.6) is 0 Å². The molecule has 1 aliphatic rings. The number of rotatable bonds is 5. The Balaban J connectivity index is 1.66. The fourth-order valence-corrected chi connectivity index (χ4v) is 3.66. The molecule has 1 fully saturated rings. The summed E-state index contributed by atoms with van der Waals surface area (Å²) in [6, 6.07) is 13.0. The van der Waals surface area contributed by atoms with Crippen molar-refractivity contribution in [3.63, 3.8) is 0 Å². The zero-order valence-corrected chi connectivity index (χ0v) is 15.0. The number of nitrogens with zero attached hydrogens (tertiary/aromatic N) is 1. The summed E-state index contributed by atoms with van der Waals surface area (Å²) < 4.78 is 5.19. The molecule has 0 radical (unpaired) electrons. The first-order chi connectivity index (χ1) is 12.2. The molecule has 1 saturated carbocycles. The molecule has 0 unspecified atom stereocenters. The standard InChI is InChI=1S/C21H26N2O2/c1-3-25-21(24)20-15(2)22-14-13-19(20)23-18-11-9-17(10-12-18)16-7-5-4-6-8-16/h4-8,13-14,17-18H,3,9-12H2,1-2H3,(H,22,23). The SMILES string of the molecule is CCOC(=O)c1c(NC2CCC(c3ccccc3)CC2)ccnc1C. The molecule has 25 heavy (non-hydrogen) atoms. The van der Waals surface area contributed by atoms with E-state index < -0.39 is 0 Å². The Bertz CT molecular complexity index is 707. The number of aryl methyl sites for hydroxylation is 1. The smallest absolute Gasteiger partial charge is 0.342 e. The maximum absolute atomic E-state index is 12.3. The lowest BCUT2D eigenvalue weighted by Gasteiger charge is -2.30. The van der Waals surface area contributed by atoms with Crippen LogP contribution in [0, 0.1) is 6.92 Å². The van der Waals surface area contributed by atoms with Crippen LogP contribution in [0.4, 0.5) is 5.69 Å². The van der Waals surface area contributed by atoms with Crippen LogP contribution in [-0.4, -0.2) is 23.6 Å². The molecule has 1 aliphatic carbocycles. The highest BCUT2D eigenvalue weighted by Crippen LogP contribution is 2.34. The van der Waals surface area contributed by atoms with Crippen molar-refractivity contribution in [2.45, 2.75) is 51.5 Å². The minimum atomic E-state index is -0.298. The quantitative estimate of drug-likeness (QED) is 0.803. The third-order valence-corrected chi connectivity index (χ3v) is 4.98. The first kappa shape index (κ1) is 17.5. The van der Waals surface area contributed by atoms with Crippen LogP contribution < -0.4 is 5.32 Å². The normalized spacial score (nSPS) is 20.1. The summed E-state index contributed by atoms with van der Waals surface area (Å²) >= 11 is 0. The van der Waals surface area contributed by atoms with Crippen molar-refractivity contribution >= 4 is 11.7 Å². The molecule has 0 atom stereocenters. The summed E-state index contributed by atoms with van der Waals surface area (Å²) in [5.74, 6) is 0.344. The average molecular weight is 338 g/mol. The van der Waals surface area contributed by atoms with E-state index in [2.05, 4.69) is 40.6 Å². The number of aromatic nitrogens is 1. The highest BCUT2D eigenvalue weighted by atomic mass is 16.5. The van der Waals surface area contributed by atoms with Gasteiger partial charge in [0.2, 0.25) is 0 Å². The van der Waals surface area contributed by atoms with Crippen molar-refractivity contribution in [3.05, 3.63) is 59.4 Å². The number of benzene rings is 1. The second-order valence-electron chi connectivity index (χ2n) is 6.64. The number of nitrogens with one attached hydrogen (secondary N) is 1. The maximum atomic E-state index is 12.3. The molecule has 0 aliphatic heterocycles. The van der Waals surface area contributed by atoms with Gasteiger partial charge in [0, 0.05) is 12.2 Å². The number of carbonyl (C=O) groups excluding carboxylic acids is 1. The van der Waals surface area contributed by atoms with Crippen LogP contribution in [0.25, 0.3) is 0 Å². The van der Waals surface area contributed by atoms with E-state index >= 15 is 0 Å². The lowest BCUT2D eigenvalue weighted by Crippen LogP contribution is -2.26. The number of hydrogen-bond acceptors (Lipinski definition) is 4. The Morgan fingerprint density at radius 1 is 1.16 bits per heavy atom. The zero-order chi connectivity index (χ0) is 17.6. The largest absolute Gasteiger partial charge is 0.462 e. The van der Waals surface area contributed by atoms with Crippen molar-refractivity contribution in [2.75, 3.05) is 11.9 Å². The molecule has 1 aromatic heterocycles. The average Bonchev–Trinajstić information content (AvgIpc) is 2.63. The van der Waals surface area contributed by atoms with Gasteiger partial charge in [-0.15, -0.1) is 0 Å². The highest BCUT2D eigenvalue weighted by molar-refractivity contribution is 5.96. The molecule has 4 nitrogen and oxygen atoms in total. The summed E-state index contributed by atoms with van der Waals surface area (Å²) in [5.41, 5.74) is 3.55. The Kier molecular flexibility index (Phi) is 5.69. The molecular weight excluding hydrogens is 312 g/mol. The van der Waals surface area contributed by atoms with Gasteiger partial charge in [-0.05, 0) is 57.1 Å². The first-order valence-corrected chi connectivity index (χ1v) is 9.13. The van der Waals surface area contributed by atoms with Crippen LogP contribution in [0.2, 0.25) is 0 Å². The van der Waals surface area contributed by atoms with E-state index in [4.69, 9.17) is 4.74 Å². The Hall–Kier alpha value is -2.36. The summed E-state index contributed by atoms with van der Waals surface area (Å²) in [7, 11) is 0. The second-order valence-corrected chi connectivity index (χ2v) is 6.64. The van der Waals surface area contributed by atoms with Crippen molar-refractivity contribution in [3.8, 4) is 0 Å². The molecule has 1 N–H and O–H groups in total. The molecule has 3 rings (SSSR count). The zero-order valence-electron chi connectivity index (χ0n) is 15.0. The Morgan fingerprint density at radius 3 is 2.56 bits per heavy atom. The van der Waals surface area contributed by atoms with E-state index in [9.17, 15) is 4.79 Å². The number of hydrogen-bond donors (Lipinski definition) is 1. The molecule has 2 aromatic rings. The molecular formula is C21H26N2O2. The van der Waals surface area contributed by atoms with Gasteiger partial charge in [0.25, 0.3) is 0 Å². The number of esters is 1. The van der Waals surface area contributed by atoms with Crippen molar-refractivity contribution in [2.24, 2.45) is 0 Å². The summed E-state index contributed by atoms with van der Waals surface area (Å²) in [6.07, 6.45) is 6.28. The van der Waals surface area contributed by atoms with E-state index in [1.807, 2.05) is 19.9 Å². The molecule has 1 aromatic carbocycles. The van der Waals surface area contributed by atoms with Gasteiger partial charge in [-0.25, -0.2) is 4.79 Å². The van der Waals surface area contributed by atoms with Crippen LogP contribution in [0.3, 0.4) is 0 Å². The molecule has 0 amide bonds. The van der Waals surface area contributed by atoms with E-state index in [1.165, 1.54) is 18.4 Å². The molecule has 1 heterocycles.